The molecule has 1 aliphatic rings. The van der Waals surface area contributed by atoms with E-state index in [0.717, 1.165) is 12.5 Å². The number of rotatable bonds is 4. The lowest BCUT2D eigenvalue weighted by atomic mass is 10.1. The van der Waals surface area contributed by atoms with E-state index in [9.17, 15) is 17.6 Å². The highest BCUT2D eigenvalue weighted by Crippen LogP contribution is 2.49. The fourth-order valence-corrected chi connectivity index (χ4v) is 3.79. The van der Waals surface area contributed by atoms with E-state index in [4.69, 9.17) is 4.74 Å². The molecule has 0 radical (unpaired) electrons. The minimum atomic E-state index is -3.57. The number of nitrogens with zero attached hydrogens (tertiary/aromatic N) is 2. The van der Waals surface area contributed by atoms with Crippen LogP contribution in [0.25, 0.3) is 0 Å². The molecular weight excluding hydrogens is 413 g/mol. The standard InChI is InChI=1S/C19H16FN5O4S/c1-21-19(26)11-9-23-18(24-14-7-6-10(20)8-22-14)17-15(11)25-16-12(29-17)4-3-5-13(16)30(2,27)28/h3-9,25H,1-2H3,(H,21,26)(H,22,23,24). The second kappa shape index (κ2) is 7.26. The molecule has 0 unspecified atom stereocenters. The van der Waals surface area contributed by atoms with Crippen molar-refractivity contribution in [3.63, 3.8) is 0 Å². The molecule has 0 saturated heterocycles. The van der Waals surface area contributed by atoms with Crippen LogP contribution < -0.4 is 20.7 Å². The number of hydrogen-bond donors (Lipinski definition) is 3. The second-order valence-electron chi connectivity index (χ2n) is 6.42. The number of carbonyl (C=O) groups is 1. The number of nitrogens with one attached hydrogen (secondary N) is 3. The number of para-hydroxylation sites is 1. The summed E-state index contributed by atoms with van der Waals surface area (Å²) in [5, 5.41) is 8.43. The van der Waals surface area contributed by atoms with Gasteiger partial charge in [-0.2, -0.15) is 0 Å². The Hall–Kier alpha value is -3.73. The maximum Gasteiger partial charge on any atom is 0.254 e. The van der Waals surface area contributed by atoms with Crippen LogP contribution in [0.3, 0.4) is 0 Å². The zero-order valence-electron chi connectivity index (χ0n) is 15.9. The number of benzene rings is 1. The van der Waals surface area contributed by atoms with Crippen molar-refractivity contribution in [3.8, 4) is 11.5 Å². The van der Waals surface area contributed by atoms with Crippen LogP contribution in [0, 0.1) is 5.82 Å². The van der Waals surface area contributed by atoms with E-state index < -0.39 is 21.6 Å². The molecule has 0 fully saturated rings. The van der Waals surface area contributed by atoms with Gasteiger partial charge >= 0.3 is 0 Å². The minimum absolute atomic E-state index is 0.0278. The molecule has 1 aliphatic heterocycles. The molecule has 0 bridgehead atoms. The number of hydrogen-bond acceptors (Lipinski definition) is 8. The van der Waals surface area contributed by atoms with Crippen molar-refractivity contribution in [1.82, 2.24) is 15.3 Å². The van der Waals surface area contributed by atoms with Crippen LogP contribution in [-0.4, -0.2) is 37.6 Å². The van der Waals surface area contributed by atoms with Gasteiger partial charge in [-0.15, -0.1) is 0 Å². The van der Waals surface area contributed by atoms with Crippen LogP contribution in [0.2, 0.25) is 0 Å². The first-order chi connectivity index (χ1) is 14.3. The molecule has 3 heterocycles. The predicted octanol–water partition coefficient (Wildman–Crippen LogP) is 2.97. The molecule has 30 heavy (non-hydrogen) atoms. The van der Waals surface area contributed by atoms with Gasteiger partial charge in [0, 0.05) is 19.5 Å². The maximum atomic E-state index is 13.1. The molecule has 1 amide bonds. The first-order valence-corrected chi connectivity index (χ1v) is 10.6. The average molecular weight is 429 g/mol. The van der Waals surface area contributed by atoms with Gasteiger partial charge in [0.15, 0.2) is 27.2 Å². The normalized spacial score (nSPS) is 12.1. The molecule has 154 valence electrons. The van der Waals surface area contributed by atoms with E-state index in [-0.39, 0.29) is 39.2 Å². The summed E-state index contributed by atoms with van der Waals surface area (Å²) in [6.45, 7) is 0. The summed E-state index contributed by atoms with van der Waals surface area (Å²) in [5.41, 5.74) is 0.603. The van der Waals surface area contributed by atoms with Crippen molar-refractivity contribution in [2.24, 2.45) is 0 Å². The summed E-state index contributed by atoms with van der Waals surface area (Å²) in [4.78, 5) is 20.5. The molecule has 0 spiro atoms. The summed E-state index contributed by atoms with van der Waals surface area (Å²) in [7, 11) is -2.11. The van der Waals surface area contributed by atoms with Gasteiger partial charge in [0.05, 0.1) is 16.7 Å². The molecule has 11 heteroatoms. The Bertz CT molecular complexity index is 1260. The van der Waals surface area contributed by atoms with Gasteiger partial charge in [0.25, 0.3) is 5.91 Å². The van der Waals surface area contributed by atoms with Crippen molar-refractivity contribution in [3.05, 3.63) is 54.1 Å². The van der Waals surface area contributed by atoms with Crippen molar-refractivity contribution in [2.45, 2.75) is 4.90 Å². The van der Waals surface area contributed by atoms with Gasteiger partial charge in [0.2, 0.25) is 0 Å². The monoisotopic (exact) mass is 429 g/mol. The smallest absolute Gasteiger partial charge is 0.254 e. The Kier molecular flexibility index (Phi) is 4.74. The fourth-order valence-electron chi connectivity index (χ4n) is 2.95. The number of aromatic nitrogens is 2. The Morgan fingerprint density at radius 1 is 1.13 bits per heavy atom. The molecule has 1 aromatic carbocycles. The van der Waals surface area contributed by atoms with Crippen LogP contribution in [-0.2, 0) is 9.84 Å². The number of fused-ring (bicyclic) bond motifs is 2. The quantitative estimate of drug-likeness (QED) is 0.453. The first kappa shape index (κ1) is 19.6. The summed E-state index contributed by atoms with van der Waals surface area (Å²) in [6.07, 6.45) is 3.44. The predicted molar refractivity (Wildman–Crippen MR) is 108 cm³/mol. The van der Waals surface area contributed by atoms with Crippen molar-refractivity contribution < 1.29 is 22.3 Å². The third-order valence-electron chi connectivity index (χ3n) is 4.33. The van der Waals surface area contributed by atoms with Gasteiger partial charge in [0.1, 0.15) is 23.0 Å². The third kappa shape index (κ3) is 3.50. The molecular formula is C19H16FN5O4S. The van der Waals surface area contributed by atoms with Crippen molar-refractivity contribution in [2.75, 3.05) is 23.9 Å². The Balaban J connectivity index is 1.85. The molecule has 0 aliphatic carbocycles. The fraction of sp³-hybridized carbons (Fsp3) is 0.105. The lowest BCUT2D eigenvalue weighted by Gasteiger charge is -2.26. The lowest BCUT2D eigenvalue weighted by Crippen LogP contribution is -2.21. The molecule has 3 aromatic rings. The van der Waals surface area contributed by atoms with Crippen molar-refractivity contribution >= 4 is 38.8 Å². The van der Waals surface area contributed by atoms with Crippen LogP contribution in [0.5, 0.6) is 11.5 Å². The summed E-state index contributed by atoms with van der Waals surface area (Å²) in [6, 6.07) is 7.23. The van der Waals surface area contributed by atoms with E-state index in [1.165, 1.54) is 31.4 Å². The van der Waals surface area contributed by atoms with E-state index in [1.807, 2.05) is 0 Å². The van der Waals surface area contributed by atoms with E-state index in [1.54, 1.807) is 12.1 Å². The van der Waals surface area contributed by atoms with E-state index in [0.29, 0.717) is 5.82 Å². The Morgan fingerprint density at radius 3 is 2.60 bits per heavy atom. The highest BCUT2D eigenvalue weighted by atomic mass is 32.2. The molecule has 4 rings (SSSR count). The van der Waals surface area contributed by atoms with Gasteiger partial charge in [-0.25, -0.2) is 22.8 Å². The largest absolute Gasteiger partial charge is 0.449 e. The topological polar surface area (TPSA) is 122 Å². The van der Waals surface area contributed by atoms with Crippen LogP contribution in [0.4, 0.5) is 27.4 Å². The highest BCUT2D eigenvalue weighted by Gasteiger charge is 2.29. The highest BCUT2D eigenvalue weighted by molar-refractivity contribution is 7.90. The second-order valence-corrected chi connectivity index (χ2v) is 8.40. The lowest BCUT2D eigenvalue weighted by molar-refractivity contribution is 0.0963. The number of ether oxygens (including phenoxy) is 1. The summed E-state index contributed by atoms with van der Waals surface area (Å²) < 4.78 is 43.5. The van der Waals surface area contributed by atoms with Crippen molar-refractivity contribution in [1.29, 1.82) is 0 Å². The molecule has 3 N–H and O–H groups in total. The Labute approximate surface area is 171 Å². The zero-order valence-corrected chi connectivity index (χ0v) is 16.7. The zero-order chi connectivity index (χ0) is 21.5. The van der Waals surface area contributed by atoms with Gasteiger partial charge in [-0.1, -0.05) is 6.07 Å². The number of sulfone groups is 1. The number of amides is 1. The average Bonchev–Trinajstić information content (AvgIpc) is 2.72. The SMILES string of the molecule is CNC(=O)c1cnc(Nc2ccc(F)cn2)c2c1Nc1c(cccc1S(C)(=O)=O)O2. The summed E-state index contributed by atoms with van der Waals surface area (Å²) in [5.74, 6) is -0.0123. The summed E-state index contributed by atoms with van der Waals surface area (Å²) >= 11 is 0. The van der Waals surface area contributed by atoms with E-state index >= 15 is 0 Å². The molecule has 9 nitrogen and oxygen atoms in total. The molecule has 0 atom stereocenters. The van der Waals surface area contributed by atoms with Crippen LogP contribution in [0.1, 0.15) is 10.4 Å². The van der Waals surface area contributed by atoms with Crippen LogP contribution in [0.15, 0.2) is 47.6 Å². The number of halogens is 1. The van der Waals surface area contributed by atoms with Gasteiger partial charge < -0.3 is 20.7 Å². The Morgan fingerprint density at radius 2 is 1.93 bits per heavy atom. The third-order valence-corrected chi connectivity index (χ3v) is 5.47. The number of pyridine rings is 2. The van der Waals surface area contributed by atoms with Gasteiger partial charge in [-0.05, 0) is 24.3 Å². The number of anilines is 4. The van der Waals surface area contributed by atoms with Crippen LogP contribution >= 0.6 is 0 Å². The minimum Gasteiger partial charge on any atom is -0.449 e. The van der Waals surface area contributed by atoms with E-state index in [2.05, 4.69) is 25.9 Å². The first-order valence-electron chi connectivity index (χ1n) is 8.69. The molecule has 0 saturated carbocycles. The number of carbonyl (C=O) groups excluding carboxylic acids is 1. The van der Waals surface area contributed by atoms with Gasteiger partial charge in [-0.3, -0.25) is 4.79 Å². The maximum absolute atomic E-state index is 13.1. The molecule has 2 aromatic heterocycles.